The number of hydrogen-bond donors (Lipinski definition) is 2. The molecule has 4 heteroatoms. The van der Waals surface area contributed by atoms with Crippen LogP contribution in [0, 0.1) is 0 Å². The fourth-order valence-corrected chi connectivity index (χ4v) is 3.20. The van der Waals surface area contributed by atoms with Gasteiger partial charge in [-0.15, -0.1) is 0 Å². The van der Waals surface area contributed by atoms with Crippen molar-refractivity contribution in [2.75, 3.05) is 25.5 Å². The smallest absolute Gasteiger partial charge is 0.129 e. The van der Waals surface area contributed by atoms with Crippen molar-refractivity contribution in [3.8, 4) is 0 Å². The minimum Gasteiger partial charge on any atom is -0.373 e. The first kappa shape index (κ1) is 17.8. The molecule has 0 radical (unpaired) electrons. The van der Waals surface area contributed by atoms with Crippen LogP contribution >= 0.6 is 0 Å². The molecule has 128 valence electrons. The Kier molecular flexibility index (Phi) is 6.46. The van der Waals surface area contributed by atoms with E-state index in [1.807, 2.05) is 7.05 Å². The normalized spacial score (nSPS) is 23.2. The van der Waals surface area contributed by atoms with Crippen molar-refractivity contribution in [1.29, 1.82) is 0 Å². The number of nitrogens with one attached hydrogen (secondary N) is 2. The van der Waals surface area contributed by atoms with Crippen molar-refractivity contribution < 1.29 is 0 Å². The van der Waals surface area contributed by atoms with Crippen LogP contribution in [0.3, 0.4) is 0 Å². The Morgan fingerprint density at radius 1 is 1.35 bits per heavy atom. The third-order valence-corrected chi connectivity index (χ3v) is 4.70. The van der Waals surface area contributed by atoms with Crippen molar-refractivity contribution in [2.24, 2.45) is 0 Å². The molecule has 1 aliphatic rings. The summed E-state index contributed by atoms with van der Waals surface area (Å²) in [5.41, 5.74) is 2.52. The van der Waals surface area contributed by atoms with Crippen molar-refractivity contribution >= 4 is 11.5 Å². The molecule has 4 nitrogen and oxygen atoms in total. The molecule has 0 amide bonds. The van der Waals surface area contributed by atoms with Gasteiger partial charge in [-0.3, -0.25) is 0 Å². The van der Waals surface area contributed by atoms with Crippen LogP contribution in [-0.2, 0) is 5.41 Å². The molecule has 1 atom stereocenters. The zero-order valence-electron chi connectivity index (χ0n) is 15.2. The molecule has 0 aliphatic carbocycles. The molecule has 23 heavy (non-hydrogen) atoms. The van der Waals surface area contributed by atoms with Crippen LogP contribution in [0.1, 0.15) is 58.6 Å². The van der Waals surface area contributed by atoms with Gasteiger partial charge >= 0.3 is 0 Å². The third kappa shape index (κ3) is 4.25. The Bertz CT molecular complexity index is 546. The van der Waals surface area contributed by atoms with Crippen molar-refractivity contribution in [1.82, 2.24) is 15.1 Å². The summed E-state index contributed by atoms with van der Waals surface area (Å²) in [7, 11) is 1.97. The molecule has 0 saturated carbocycles. The van der Waals surface area contributed by atoms with Crippen molar-refractivity contribution in [3.05, 3.63) is 30.0 Å². The van der Waals surface area contributed by atoms with Gasteiger partial charge in [-0.25, -0.2) is 4.68 Å². The molecule has 1 saturated heterocycles. The number of rotatable bonds is 6. The highest BCUT2D eigenvalue weighted by atomic mass is 15.3. The number of anilines is 1. The summed E-state index contributed by atoms with van der Waals surface area (Å²) in [5.74, 6) is 1.07. The second-order valence-corrected chi connectivity index (χ2v) is 6.59. The van der Waals surface area contributed by atoms with Crippen molar-refractivity contribution in [3.63, 3.8) is 0 Å². The minimum absolute atomic E-state index is 0.159. The van der Waals surface area contributed by atoms with Gasteiger partial charge in [0.15, 0.2) is 0 Å². The van der Waals surface area contributed by atoms with E-state index < -0.39 is 0 Å². The van der Waals surface area contributed by atoms with E-state index in [-0.39, 0.29) is 5.41 Å². The van der Waals surface area contributed by atoms with Crippen molar-refractivity contribution in [2.45, 2.75) is 58.3 Å². The Morgan fingerprint density at radius 3 is 2.87 bits per heavy atom. The fraction of sp³-hybridized carbons (Fsp3) is 0.632. The highest BCUT2D eigenvalue weighted by molar-refractivity contribution is 5.62. The average Bonchev–Trinajstić information content (AvgIpc) is 2.87. The maximum Gasteiger partial charge on any atom is 0.129 e. The van der Waals surface area contributed by atoms with Crippen LogP contribution in [0.2, 0.25) is 0 Å². The minimum atomic E-state index is 0.159. The molecule has 1 fully saturated rings. The number of aromatic nitrogens is 2. The first-order chi connectivity index (χ1) is 11.1. The van der Waals surface area contributed by atoms with Crippen LogP contribution < -0.4 is 10.6 Å². The van der Waals surface area contributed by atoms with E-state index in [1.165, 1.54) is 18.5 Å². The lowest BCUT2D eigenvalue weighted by Gasteiger charge is -2.25. The summed E-state index contributed by atoms with van der Waals surface area (Å²) >= 11 is 0. The molecule has 1 unspecified atom stereocenters. The molecular weight excluding hydrogens is 284 g/mol. The van der Waals surface area contributed by atoms with E-state index >= 15 is 0 Å². The second kappa shape index (κ2) is 8.34. The van der Waals surface area contributed by atoms with Gasteiger partial charge < -0.3 is 10.6 Å². The van der Waals surface area contributed by atoms with Crippen LogP contribution in [0.15, 0.2) is 24.3 Å². The molecule has 1 aromatic rings. The van der Waals surface area contributed by atoms with Crippen LogP contribution in [0.25, 0.3) is 5.70 Å². The van der Waals surface area contributed by atoms with E-state index in [2.05, 4.69) is 60.4 Å². The lowest BCUT2D eigenvalue weighted by molar-refractivity contribution is 0.406. The largest absolute Gasteiger partial charge is 0.373 e. The Hall–Kier alpha value is -1.55. The predicted octanol–water partition coefficient (Wildman–Crippen LogP) is 4.17. The molecule has 0 bridgehead atoms. The van der Waals surface area contributed by atoms with Crippen LogP contribution in [0.4, 0.5) is 5.82 Å². The van der Waals surface area contributed by atoms with E-state index in [9.17, 15) is 0 Å². The second-order valence-electron chi connectivity index (χ2n) is 6.59. The maximum atomic E-state index is 5.00. The quantitative estimate of drug-likeness (QED) is 0.774. The first-order valence-electron chi connectivity index (χ1n) is 9.00. The number of hydrogen-bond acceptors (Lipinski definition) is 3. The summed E-state index contributed by atoms with van der Waals surface area (Å²) in [5, 5.41) is 11.8. The number of nitrogens with zero attached hydrogens (tertiary/aromatic N) is 2. The van der Waals surface area contributed by atoms with E-state index in [0.717, 1.165) is 43.9 Å². The molecule has 2 rings (SSSR count). The standard InChI is InChI=1S/C19H32N4/c1-5-7-10-16(9-6-2)23-18(20-4)15-17(22-23)19(3)11-8-13-21-14-12-19/h7,9-10,15,20-21H,5-6,8,11-14H2,1-4H3/b10-7-,16-9+. The van der Waals surface area contributed by atoms with Gasteiger partial charge in [-0.05, 0) is 51.3 Å². The van der Waals surface area contributed by atoms with Gasteiger partial charge in [-0.1, -0.05) is 32.9 Å². The van der Waals surface area contributed by atoms with Crippen LogP contribution in [0.5, 0.6) is 0 Å². The fourth-order valence-electron chi connectivity index (χ4n) is 3.20. The van der Waals surface area contributed by atoms with Gasteiger partial charge in [0, 0.05) is 18.5 Å². The highest BCUT2D eigenvalue weighted by Gasteiger charge is 2.31. The zero-order valence-corrected chi connectivity index (χ0v) is 15.2. The summed E-state index contributed by atoms with van der Waals surface area (Å²) in [6.45, 7) is 8.88. The number of allylic oxidation sites excluding steroid dienone is 4. The van der Waals surface area contributed by atoms with Gasteiger partial charge in [0.2, 0.25) is 0 Å². The molecule has 1 aromatic heterocycles. The van der Waals surface area contributed by atoms with Crippen LogP contribution in [-0.4, -0.2) is 29.9 Å². The topological polar surface area (TPSA) is 41.9 Å². The van der Waals surface area contributed by atoms with E-state index in [1.54, 1.807) is 0 Å². The molecule has 0 aromatic carbocycles. The Labute approximate surface area is 141 Å². The highest BCUT2D eigenvalue weighted by Crippen LogP contribution is 2.34. The Balaban J connectivity index is 2.39. The SMILES string of the molecule is CC/C=C\C(=C/CC)n1nc(C2(C)CCCNCC2)cc1NC. The monoisotopic (exact) mass is 316 g/mol. The molecule has 2 heterocycles. The Morgan fingerprint density at radius 2 is 2.17 bits per heavy atom. The molecule has 1 aliphatic heterocycles. The average molecular weight is 316 g/mol. The van der Waals surface area contributed by atoms with E-state index in [0.29, 0.717) is 0 Å². The van der Waals surface area contributed by atoms with Gasteiger partial charge in [0.25, 0.3) is 0 Å². The van der Waals surface area contributed by atoms with Gasteiger partial charge in [-0.2, -0.15) is 5.10 Å². The summed E-state index contributed by atoms with van der Waals surface area (Å²) < 4.78 is 2.06. The summed E-state index contributed by atoms with van der Waals surface area (Å²) in [4.78, 5) is 0. The lowest BCUT2D eigenvalue weighted by Crippen LogP contribution is -2.24. The summed E-state index contributed by atoms with van der Waals surface area (Å²) in [6, 6.07) is 2.23. The molecule has 2 N–H and O–H groups in total. The third-order valence-electron chi connectivity index (χ3n) is 4.70. The molecule has 0 spiro atoms. The predicted molar refractivity (Wildman–Crippen MR) is 99.8 cm³/mol. The zero-order chi connectivity index (χ0) is 16.7. The summed E-state index contributed by atoms with van der Waals surface area (Å²) in [6.07, 6.45) is 12.2. The maximum absolute atomic E-state index is 5.00. The van der Waals surface area contributed by atoms with E-state index in [4.69, 9.17) is 5.10 Å². The lowest BCUT2D eigenvalue weighted by atomic mass is 9.80. The first-order valence-corrected chi connectivity index (χ1v) is 9.00. The molecular formula is C19H32N4. The van der Waals surface area contributed by atoms with Gasteiger partial charge in [0.05, 0.1) is 11.4 Å². The van der Waals surface area contributed by atoms with Gasteiger partial charge in [0.1, 0.15) is 5.82 Å².